The van der Waals surface area contributed by atoms with Crippen LogP contribution in [0.1, 0.15) is 55.2 Å². The first kappa shape index (κ1) is 22.6. The number of nitrogens with zero attached hydrogens (tertiary/aromatic N) is 3. The third kappa shape index (κ3) is 4.10. The van der Waals surface area contributed by atoms with Gasteiger partial charge < -0.3 is 10.6 Å². The van der Waals surface area contributed by atoms with E-state index in [1.807, 2.05) is 13.8 Å². The summed E-state index contributed by atoms with van der Waals surface area (Å²) in [4.78, 5) is 26.9. The summed E-state index contributed by atoms with van der Waals surface area (Å²) in [6.45, 7) is 4.37. The maximum absolute atomic E-state index is 13.7. The molecule has 2 heterocycles. The van der Waals surface area contributed by atoms with Crippen molar-refractivity contribution in [1.82, 2.24) is 14.7 Å². The highest BCUT2D eigenvalue weighted by Crippen LogP contribution is 2.44. The Morgan fingerprint density at radius 1 is 1.31 bits per heavy atom. The molecule has 0 saturated heterocycles. The van der Waals surface area contributed by atoms with E-state index in [1.54, 1.807) is 9.58 Å². The van der Waals surface area contributed by atoms with E-state index in [1.165, 1.54) is 18.2 Å². The maximum Gasteiger partial charge on any atom is 0.252 e. The molecule has 1 aliphatic carbocycles. The Hall–Kier alpha value is -2.55. The lowest BCUT2D eigenvalue weighted by molar-refractivity contribution is -0.144. The molecule has 172 valence electrons. The topological polar surface area (TPSA) is 81.2 Å². The number of rotatable bonds is 5. The van der Waals surface area contributed by atoms with Crippen LogP contribution in [0.4, 0.5) is 13.2 Å². The van der Waals surface area contributed by atoms with Gasteiger partial charge in [0, 0.05) is 31.4 Å². The molecule has 0 spiro atoms. The van der Waals surface area contributed by atoms with Gasteiger partial charge in [-0.3, -0.25) is 14.3 Å². The lowest BCUT2D eigenvalue weighted by Gasteiger charge is -2.39. The molecule has 1 aromatic carbocycles. The molecule has 0 radical (unpaired) electrons. The predicted octanol–water partition coefficient (Wildman–Crippen LogP) is 4.42. The zero-order valence-electron chi connectivity index (χ0n) is 17.7. The van der Waals surface area contributed by atoms with Crippen LogP contribution in [-0.2, 0) is 11.3 Å². The normalized spacial score (nSPS) is 20.2. The average molecular weight is 469 g/mol. The van der Waals surface area contributed by atoms with Crippen molar-refractivity contribution in [3.8, 4) is 11.3 Å². The maximum atomic E-state index is 13.7. The second-order valence-corrected chi connectivity index (χ2v) is 9.44. The predicted molar refractivity (Wildman–Crippen MR) is 113 cm³/mol. The zero-order chi connectivity index (χ0) is 23.4. The van der Waals surface area contributed by atoms with Gasteiger partial charge in [-0.05, 0) is 30.0 Å². The number of aromatic nitrogens is 2. The fourth-order valence-electron chi connectivity index (χ4n) is 4.54. The molecule has 4 rings (SSSR count). The lowest BCUT2D eigenvalue weighted by atomic mass is 9.79. The Kier molecular flexibility index (Phi) is 5.73. The highest BCUT2D eigenvalue weighted by Gasteiger charge is 2.46. The van der Waals surface area contributed by atoms with Crippen molar-refractivity contribution >= 4 is 23.4 Å². The number of hydrogen-bond acceptors (Lipinski definition) is 3. The molecule has 1 atom stereocenters. The van der Waals surface area contributed by atoms with Crippen molar-refractivity contribution in [2.24, 2.45) is 17.6 Å². The van der Waals surface area contributed by atoms with Crippen LogP contribution in [0.25, 0.3) is 11.3 Å². The first-order chi connectivity index (χ1) is 15.0. The number of hydrogen-bond donors (Lipinski definition) is 1. The summed E-state index contributed by atoms with van der Waals surface area (Å²) < 4.78 is 41.7. The number of nitrogens with two attached hydrogens (primary N) is 1. The van der Waals surface area contributed by atoms with E-state index >= 15 is 0 Å². The summed E-state index contributed by atoms with van der Waals surface area (Å²) in [5, 5.41) is 4.50. The summed E-state index contributed by atoms with van der Waals surface area (Å²) in [6.07, 6.45) is -0.513. The van der Waals surface area contributed by atoms with Crippen LogP contribution in [-0.4, -0.2) is 39.0 Å². The Morgan fingerprint density at radius 2 is 2.00 bits per heavy atom. The van der Waals surface area contributed by atoms with Crippen molar-refractivity contribution in [2.45, 2.75) is 51.6 Å². The van der Waals surface area contributed by atoms with Gasteiger partial charge in [-0.15, -0.1) is 0 Å². The van der Waals surface area contributed by atoms with Crippen molar-refractivity contribution in [3.05, 3.63) is 40.3 Å². The molecule has 2 aliphatic rings. The number of alkyl halides is 2. The number of primary amides is 1. The molecule has 32 heavy (non-hydrogen) atoms. The van der Waals surface area contributed by atoms with E-state index in [4.69, 9.17) is 17.3 Å². The third-order valence-corrected chi connectivity index (χ3v) is 6.56. The van der Waals surface area contributed by atoms with E-state index in [0.717, 1.165) is 0 Å². The van der Waals surface area contributed by atoms with E-state index in [2.05, 4.69) is 5.10 Å². The molecule has 10 heteroatoms. The van der Waals surface area contributed by atoms with Crippen molar-refractivity contribution in [2.75, 3.05) is 6.54 Å². The molecule has 1 aliphatic heterocycles. The third-order valence-electron chi connectivity index (χ3n) is 6.27. The van der Waals surface area contributed by atoms with Gasteiger partial charge >= 0.3 is 0 Å². The van der Waals surface area contributed by atoms with Gasteiger partial charge in [-0.1, -0.05) is 25.4 Å². The molecule has 1 saturated carbocycles. The summed E-state index contributed by atoms with van der Waals surface area (Å²) in [7, 11) is 0. The zero-order valence-corrected chi connectivity index (χ0v) is 18.5. The van der Waals surface area contributed by atoms with Crippen LogP contribution in [0.15, 0.2) is 18.2 Å². The van der Waals surface area contributed by atoms with E-state index < -0.39 is 17.6 Å². The van der Waals surface area contributed by atoms with Crippen LogP contribution in [0.2, 0.25) is 5.02 Å². The van der Waals surface area contributed by atoms with E-state index in [9.17, 15) is 22.8 Å². The minimum absolute atomic E-state index is 0.0425. The number of benzene rings is 1. The van der Waals surface area contributed by atoms with Crippen LogP contribution < -0.4 is 5.73 Å². The summed E-state index contributed by atoms with van der Waals surface area (Å²) in [5.41, 5.74) is 7.01. The smallest absolute Gasteiger partial charge is 0.252 e. The van der Waals surface area contributed by atoms with Gasteiger partial charge in [0.1, 0.15) is 11.5 Å². The van der Waals surface area contributed by atoms with Crippen LogP contribution in [0.5, 0.6) is 0 Å². The minimum Gasteiger partial charge on any atom is -0.365 e. The molecule has 2 aromatic rings. The number of halogens is 4. The van der Waals surface area contributed by atoms with Crippen LogP contribution in [0, 0.1) is 17.7 Å². The Morgan fingerprint density at radius 3 is 2.56 bits per heavy atom. The Bertz CT molecular complexity index is 1080. The average Bonchev–Trinajstić information content (AvgIpc) is 3.07. The van der Waals surface area contributed by atoms with Gasteiger partial charge in [0.15, 0.2) is 0 Å². The standard InChI is InChI=1S/C22H24ClF3N4O2/c1-11(2)16-9-29(18(31)5-12-7-22(25,26)8-12)10-17-19(21(27)32)20(28-30(16)17)13-3-4-15(24)14(23)6-13/h3-4,6,11-12,16H,5,7-10H2,1-2H3,(H2,27,32). The quantitative estimate of drug-likeness (QED) is 0.705. The molecule has 0 bridgehead atoms. The first-order valence-electron chi connectivity index (χ1n) is 10.5. The number of amides is 2. The number of carbonyl (C=O) groups excluding carboxylic acids is 2. The molecule has 2 N–H and O–H groups in total. The number of fused-ring (bicyclic) bond motifs is 1. The summed E-state index contributed by atoms with van der Waals surface area (Å²) >= 11 is 5.92. The van der Waals surface area contributed by atoms with Gasteiger partial charge in [0.2, 0.25) is 11.8 Å². The minimum atomic E-state index is -2.68. The Labute approximate surface area is 188 Å². The van der Waals surface area contributed by atoms with Gasteiger partial charge in [-0.25, -0.2) is 13.2 Å². The molecule has 1 unspecified atom stereocenters. The second-order valence-electron chi connectivity index (χ2n) is 9.03. The molecular formula is C22H24ClF3N4O2. The van der Waals surface area contributed by atoms with Gasteiger partial charge in [-0.2, -0.15) is 5.10 Å². The summed E-state index contributed by atoms with van der Waals surface area (Å²) in [6, 6.07) is 3.78. The van der Waals surface area contributed by atoms with E-state index in [-0.39, 0.29) is 65.9 Å². The SMILES string of the molecule is CC(C)C1CN(C(=O)CC2CC(F)(F)C2)Cc2c(C(N)=O)c(-c3ccc(F)c(Cl)c3)nn21. The summed E-state index contributed by atoms with van der Waals surface area (Å²) in [5.74, 6) is -4.52. The fraction of sp³-hybridized carbons (Fsp3) is 0.500. The molecular weight excluding hydrogens is 445 g/mol. The fourth-order valence-corrected chi connectivity index (χ4v) is 4.72. The molecule has 1 fully saturated rings. The monoisotopic (exact) mass is 468 g/mol. The van der Waals surface area contributed by atoms with Gasteiger partial charge in [0.05, 0.1) is 28.9 Å². The second kappa shape index (κ2) is 8.10. The number of carbonyl (C=O) groups is 2. The van der Waals surface area contributed by atoms with Gasteiger partial charge in [0.25, 0.3) is 5.91 Å². The lowest BCUT2D eigenvalue weighted by Crippen LogP contribution is -2.45. The van der Waals surface area contributed by atoms with E-state index in [0.29, 0.717) is 17.8 Å². The molecule has 1 aromatic heterocycles. The van der Waals surface area contributed by atoms with Crippen molar-refractivity contribution in [1.29, 1.82) is 0 Å². The Balaban J connectivity index is 1.70. The highest BCUT2D eigenvalue weighted by atomic mass is 35.5. The molecule has 6 nitrogen and oxygen atoms in total. The largest absolute Gasteiger partial charge is 0.365 e. The van der Waals surface area contributed by atoms with Crippen LogP contribution in [0.3, 0.4) is 0 Å². The molecule has 2 amide bonds. The van der Waals surface area contributed by atoms with Crippen LogP contribution >= 0.6 is 11.6 Å². The highest BCUT2D eigenvalue weighted by molar-refractivity contribution is 6.31. The van der Waals surface area contributed by atoms with Crippen molar-refractivity contribution in [3.63, 3.8) is 0 Å². The van der Waals surface area contributed by atoms with Crippen molar-refractivity contribution < 1.29 is 22.8 Å². The first-order valence-corrected chi connectivity index (χ1v) is 10.9.